The van der Waals surface area contributed by atoms with E-state index in [2.05, 4.69) is 10.6 Å². The minimum Gasteiger partial charge on any atom is -0.345 e. The Labute approximate surface area is 192 Å². The molecule has 0 aliphatic carbocycles. The van der Waals surface area contributed by atoms with Gasteiger partial charge in [-0.25, -0.2) is 0 Å². The second kappa shape index (κ2) is 13.3. The third-order valence-electron chi connectivity index (χ3n) is 5.88. The van der Waals surface area contributed by atoms with Crippen molar-refractivity contribution >= 4 is 29.4 Å². The van der Waals surface area contributed by atoms with Gasteiger partial charge in [0.15, 0.2) is 5.78 Å². The van der Waals surface area contributed by atoms with E-state index in [1.807, 2.05) is 20.8 Å². The molecule has 0 spiro atoms. The molecule has 0 aromatic heterocycles. The molecule has 8 nitrogen and oxygen atoms in total. The van der Waals surface area contributed by atoms with Crippen LogP contribution in [-0.2, 0) is 24.0 Å². The molecule has 1 unspecified atom stereocenters. The Morgan fingerprint density at radius 2 is 1.66 bits per heavy atom. The Morgan fingerprint density at radius 1 is 1.00 bits per heavy atom. The van der Waals surface area contributed by atoms with Gasteiger partial charge in [0.2, 0.25) is 23.6 Å². The van der Waals surface area contributed by atoms with E-state index < -0.39 is 12.1 Å². The first kappa shape index (κ1) is 27.8. The van der Waals surface area contributed by atoms with Crippen molar-refractivity contribution in [1.82, 2.24) is 15.5 Å². The second-order valence-electron chi connectivity index (χ2n) is 9.46. The van der Waals surface area contributed by atoms with Crippen LogP contribution in [0.15, 0.2) is 0 Å². The van der Waals surface area contributed by atoms with E-state index in [1.165, 1.54) is 4.90 Å². The number of nitrogens with zero attached hydrogens (tertiary/aromatic N) is 1. The minimum absolute atomic E-state index is 0.0526. The van der Waals surface area contributed by atoms with Crippen molar-refractivity contribution in [2.75, 3.05) is 6.54 Å². The minimum atomic E-state index is -0.708. The lowest BCUT2D eigenvalue weighted by Crippen LogP contribution is -2.53. The summed E-state index contributed by atoms with van der Waals surface area (Å²) >= 11 is 0. The molecule has 1 heterocycles. The molecule has 182 valence electrons. The van der Waals surface area contributed by atoms with Crippen LogP contribution in [0, 0.1) is 17.8 Å². The monoisotopic (exact) mass is 451 g/mol. The van der Waals surface area contributed by atoms with Crippen LogP contribution < -0.4 is 10.6 Å². The van der Waals surface area contributed by atoms with Gasteiger partial charge in [0.05, 0.1) is 6.04 Å². The predicted octanol–water partition coefficient (Wildman–Crippen LogP) is 2.59. The van der Waals surface area contributed by atoms with Gasteiger partial charge in [-0.05, 0) is 32.1 Å². The lowest BCUT2D eigenvalue weighted by Gasteiger charge is -2.24. The molecule has 4 amide bonds. The topological polar surface area (TPSA) is 113 Å². The predicted molar refractivity (Wildman–Crippen MR) is 122 cm³/mol. The summed E-state index contributed by atoms with van der Waals surface area (Å²) in [6.07, 6.45) is 4.18. The zero-order valence-corrected chi connectivity index (χ0v) is 20.5. The number of amides is 4. The summed E-state index contributed by atoms with van der Waals surface area (Å²) in [5.41, 5.74) is 0. The average molecular weight is 452 g/mol. The maximum atomic E-state index is 12.6. The van der Waals surface area contributed by atoms with Gasteiger partial charge in [-0.15, -0.1) is 0 Å². The van der Waals surface area contributed by atoms with E-state index in [-0.39, 0.29) is 53.6 Å². The smallest absolute Gasteiger partial charge is 0.243 e. The molecule has 2 N–H and O–H groups in total. The van der Waals surface area contributed by atoms with E-state index in [9.17, 15) is 24.0 Å². The first-order valence-corrected chi connectivity index (χ1v) is 12.0. The third kappa shape index (κ3) is 8.36. The summed E-state index contributed by atoms with van der Waals surface area (Å²) in [7, 11) is 0. The number of nitrogens with one attached hydrogen (secondary N) is 2. The van der Waals surface area contributed by atoms with Crippen LogP contribution in [0.4, 0.5) is 0 Å². The molecule has 0 radical (unpaired) electrons. The van der Waals surface area contributed by atoms with Crippen molar-refractivity contribution in [2.45, 2.75) is 98.6 Å². The molecule has 8 heteroatoms. The normalized spacial score (nSPS) is 18.2. The van der Waals surface area contributed by atoms with E-state index in [0.29, 0.717) is 32.2 Å². The van der Waals surface area contributed by atoms with Crippen LogP contribution in [0.5, 0.6) is 0 Å². The number of imide groups is 1. The Bertz CT molecular complexity index is 689. The van der Waals surface area contributed by atoms with Crippen molar-refractivity contribution in [3.8, 4) is 0 Å². The zero-order chi connectivity index (χ0) is 24.4. The number of likely N-dealkylation sites (tertiary alicyclic amines) is 1. The summed E-state index contributed by atoms with van der Waals surface area (Å²) in [5, 5.41) is 5.48. The van der Waals surface area contributed by atoms with E-state index in [4.69, 9.17) is 0 Å². The highest BCUT2D eigenvalue weighted by Gasteiger charge is 2.37. The molecule has 0 saturated carbocycles. The fourth-order valence-electron chi connectivity index (χ4n) is 3.95. The van der Waals surface area contributed by atoms with E-state index in [0.717, 1.165) is 12.8 Å². The van der Waals surface area contributed by atoms with Crippen LogP contribution in [0.2, 0.25) is 0 Å². The van der Waals surface area contributed by atoms with Gasteiger partial charge < -0.3 is 10.6 Å². The number of hydrogen-bond donors (Lipinski definition) is 2. The van der Waals surface area contributed by atoms with Crippen LogP contribution in [0.3, 0.4) is 0 Å². The Hall–Kier alpha value is -2.25. The van der Waals surface area contributed by atoms with Gasteiger partial charge in [-0.3, -0.25) is 28.9 Å². The van der Waals surface area contributed by atoms with Crippen molar-refractivity contribution in [3.05, 3.63) is 0 Å². The van der Waals surface area contributed by atoms with Crippen LogP contribution in [-0.4, -0.2) is 52.9 Å². The molecule has 0 bridgehead atoms. The van der Waals surface area contributed by atoms with Crippen LogP contribution in [0.1, 0.15) is 86.5 Å². The Balaban J connectivity index is 2.40. The number of unbranched alkanes of at least 4 members (excludes halogenated alkanes) is 2. The fourth-order valence-corrected chi connectivity index (χ4v) is 3.95. The van der Waals surface area contributed by atoms with Gasteiger partial charge in [0.1, 0.15) is 6.04 Å². The highest BCUT2D eigenvalue weighted by atomic mass is 16.2. The fraction of sp³-hybridized carbons (Fsp3) is 0.792. The maximum Gasteiger partial charge on any atom is 0.243 e. The molecule has 1 rings (SSSR count). The molecule has 1 saturated heterocycles. The average Bonchev–Trinajstić information content (AvgIpc) is 2.98. The molecule has 0 aromatic rings. The molecule has 3 atom stereocenters. The number of carbonyl (C=O) groups is 5. The van der Waals surface area contributed by atoms with Crippen LogP contribution >= 0.6 is 0 Å². The number of carbonyl (C=O) groups excluding carboxylic acids is 5. The largest absolute Gasteiger partial charge is 0.345 e. The number of ketones is 1. The molecule has 1 aliphatic rings. The summed E-state index contributed by atoms with van der Waals surface area (Å²) in [6.45, 7) is 11.3. The molecule has 32 heavy (non-hydrogen) atoms. The number of Topliss-reactive ketones (excluding diaryl/α,β-unsaturated/α-hetero) is 1. The van der Waals surface area contributed by atoms with Gasteiger partial charge in [0.25, 0.3) is 0 Å². The van der Waals surface area contributed by atoms with E-state index >= 15 is 0 Å². The zero-order valence-electron chi connectivity index (χ0n) is 20.5. The Kier molecular flexibility index (Phi) is 11.6. The summed E-state index contributed by atoms with van der Waals surface area (Å²) in [5.74, 6) is -1.27. The molecule has 0 aromatic carbocycles. The van der Waals surface area contributed by atoms with Gasteiger partial charge in [-0.1, -0.05) is 47.5 Å². The van der Waals surface area contributed by atoms with Crippen molar-refractivity contribution in [3.63, 3.8) is 0 Å². The summed E-state index contributed by atoms with van der Waals surface area (Å²) in [6, 6.07) is -1.31. The standard InChI is InChI=1S/C24H41N3O5/c1-7-11-18-14-20(29)27(24(18)32)13-10-8-9-12-19(28)26-21(15(2)3)23(31)25-17(6)22(30)16(4)5/h15-18,21H,7-14H2,1-6H3,(H,25,31)(H,26,28)/t17-,18?,21-/m0/s1. The quantitative estimate of drug-likeness (QED) is 0.311. The highest BCUT2D eigenvalue weighted by Crippen LogP contribution is 2.24. The number of hydrogen-bond acceptors (Lipinski definition) is 5. The third-order valence-corrected chi connectivity index (χ3v) is 5.88. The highest BCUT2D eigenvalue weighted by molar-refractivity contribution is 6.03. The second-order valence-corrected chi connectivity index (χ2v) is 9.46. The molecule has 1 fully saturated rings. The lowest BCUT2D eigenvalue weighted by molar-refractivity contribution is -0.139. The van der Waals surface area contributed by atoms with Gasteiger partial charge in [-0.2, -0.15) is 0 Å². The molecule has 1 aliphatic heterocycles. The molecular formula is C24H41N3O5. The van der Waals surface area contributed by atoms with Crippen molar-refractivity contribution in [2.24, 2.45) is 17.8 Å². The van der Waals surface area contributed by atoms with Gasteiger partial charge in [0, 0.05) is 31.2 Å². The summed E-state index contributed by atoms with van der Waals surface area (Å²) in [4.78, 5) is 62.6. The first-order valence-electron chi connectivity index (χ1n) is 12.0. The molecular weight excluding hydrogens is 410 g/mol. The maximum absolute atomic E-state index is 12.6. The van der Waals surface area contributed by atoms with Crippen molar-refractivity contribution < 1.29 is 24.0 Å². The SMILES string of the molecule is CCCC1CC(=O)N(CCCCCC(=O)N[C@H](C(=O)N[C@@H](C)C(=O)C(C)C)C(C)C)C1=O. The Morgan fingerprint density at radius 3 is 2.22 bits per heavy atom. The van der Waals surface area contributed by atoms with Crippen LogP contribution in [0.25, 0.3) is 0 Å². The van der Waals surface area contributed by atoms with Gasteiger partial charge >= 0.3 is 0 Å². The lowest BCUT2D eigenvalue weighted by atomic mass is 10.00. The van der Waals surface area contributed by atoms with Crippen molar-refractivity contribution in [1.29, 1.82) is 0 Å². The first-order chi connectivity index (χ1) is 15.0. The summed E-state index contributed by atoms with van der Waals surface area (Å²) < 4.78 is 0. The number of rotatable bonds is 14. The van der Waals surface area contributed by atoms with E-state index in [1.54, 1.807) is 20.8 Å².